The van der Waals surface area contributed by atoms with Crippen molar-refractivity contribution in [3.8, 4) is 5.75 Å². The van der Waals surface area contributed by atoms with Gasteiger partial charge in [-0.25, -0.2) is 4.39 Å². The van der Waals surface area contributed by atoms with Crippen LogP contribution in [0.25, 0.3) is 22.6 Å². The van der Waals surface area contributed by atoms with Gasteiger partial charge in [-0.1, -0.05) is 56.3 Å². The fourth-order valence-electron chi connectivity index (χ4n) is 6.21. The molecular formula is C31H27F4NO2. The number of halogens is 4. The molecule has 6 rings (SSSR count). The van der Waals surface area contributed by atoms with E-state index in [1.165, 1.54) is 12.1 Å². The van der Waals surface area contributed by atoms with E-state index in [0.717, 1.165) is 10.9 Å². The van der Waals surface area contributed by atoms with Gasteiger partial charge in [0, 0.05) is 34.7 Å². The molecule has 0 radical (unpaired) electrons. The first-order chi connectivity index (χ1) is 18.0. The summed E-state index contributed by atoms with van der Waals surface area (Å²) in [6, 6.07) is 18.7. The smallest absolute Gasteiger partial charge is 0.418 e. The van der Waals surface area contributed by atoms with Gasteiger partial charge in [-0.3, -0.25) is 0 Å². The summed E-state index contributed by atoms with van der Waals surface area (Å²) in [5, 5.41) is 12.8. The van der Waals surface area contributed by atoms with Crippen molar-refractivity contribution >= 4 is 22.6 Å². The van der Waals surface area contributed by atoms with Gasteiger partial charge in [0.2, 0.25) is 0 Å². The van der Waals surface area contributed by atoms with Crippen LogP contribution in [0.3, 0.4) is 0 Å². The molecule has 38 heavy (non-hydrogen) atoms. The van der Waals surface area contributed by atoms with Crippen LogP contribution in [0.1, 0.15) is 54.1 Å². The van der Waals surface area contributed by atoms with Crippen molar-refractivity contribution in [2.75, 3.05) is 6.61 Å². The first-order valence-electron chi connectivity index (χ1n) is 12.6. The fourth-order valence-corrected chi connectivity index (χ4v) is 6.21. The van der Waals surface area contributed by atoms with Crippen LogP contribution in [-0.2, 0) is 11.8 Å². The number of alkyl halides is 3. The fraction of sp³-hybridized carbons (Fsp3) is 0.290. The lowest BCUT2D eigenvalue weighted by Crippen LogP contribution is -2.53. The normalized spacial score (nSPS) is 18.6. The van der Waals surface area contributed by atoms with Crippen molar-refractivity contribution in [3.63, 3.8) is 0 Å². The Kier molecular flexibility index (Phi) is 5.51. The molecule has 2 aliphatic rings. The number of rotatable bonds is 5. The minimum Gasteiger partial charge on any atom is -0.493 e. The summed E-state index contributed by atoms with van der Waals surface area (Å²) in [5.74, 6) is -1.51. The largest absolute Gasteiger partial charge is 0.493 e. The summed E-state index contributed by atoms with van der Waals surface area (Å²) in [5.41, 5.74) is -0.778. The van der Waals surface area contributed by atoms with Gasteiger partial charge in [0.05, 0.1) is 6.61 Å². The van der Waals surface area contributed by atoms with Gasteiger partial charge < -0.3 is 14.8 Å². The molecule has 196 valence electrons. The zero-order chi connectivity index (χ0) is 26.9. The standard InChI is InChI=1S/C31H27F4NO2/c1-29(2,24-16-21(32)13-20-11-12-38-28(20)24)17-30(37,31(33,34)35)27-22-9-5-3-7-18(22)14-23(27)26-15-19-8-4-6-10-25(19)36-26/h3-10,13-16,27,36-37H,11-12,17H2,1-2H3. The zero-order valence-electron chi connectivity index (χ0n) is 21.0. The Bertz CT molecular complexity index is 1550. The highest BCUT2D eigenvalue weighted by Gasteiger charge is 2.62. The first kappa shape index (κ1) is 24.7. The summed E-state index contributed by atoms with van der Waals surface area (Å²) in [6.07, 6.45) is -3.48. The van der Waals surface area contributed by atoms with E-state index in [4.69, 9.17) is 4.74 Å². The molecule has 2 unspecified atom stereocenters. The minimum absolute atomic E-state index is 0.329. The molecule has 4 aromatic rings. The third-order valence-electron chi connectivity index (χ3n) is 7.93. The lowest BCUT2D eigenvalue weighted by Gasteiger charge is -2.43. The summed E-state index contributed by atoms with van der Waals surface area (Å²) in [4.78, 5) is 3.25. The molecular weight excluding hydrogens is 494 g/mol. The van der Waals surface area contributed by atoms with E-state index >= 15 is 13.2 Å². The molecule has 0 bridgehead atoms. The van der Waals surface area contributed by atoms with Crippen molar-refractivity contribution in [1.29, 1.82) is 0 Å². The Balaban J connectivity index is 1.51. The number of aromatic amines is 1. The van der Waals surface area contributed by atoms with E-state index in [2.05, 4.69) is 4.98 Å². The summed E-state index contributed by atoms with van der Waals surface area (Å²) in [6.45, 7) is 3.55. The molecule has 2 atom stereocenters. The molecule has 3 nitrogen and oxygen atoms in total. The number of aromatic nitrogens is 1. The highest BCUT2D eigenvalue weighted by Crippen LogP contribution is 2.57. The van der Waals surface area contributed by atoms with Crippen LogP contribution in [0.15, 0.2) is 66.7 Å². The summed E-state index contributed by atoms with van der Waals surface area (Å²) in [7, 11) is 0. The van der Waals surface area contributed by atoms with Crippen LogP contribution in [0.2, 0.25) is 0 Å². The Morgan fingerprint density at radius 1 is 1.00 bits per heavy atom. The predicted molar refractivity (Wildman–Crippen MR) is 140 cm³/mol. The number of hydrogen-bond donors (Lipinski definition) is 2. The molecule has 1 aliphatic carbocycles. The van der Waals surface area contributed by atoms with Crippen LogP contribution in [-0.4, -0.2) is 28.5 Å². The number of ether oxygens (including phenoxy) is 1. The van der Waals surface area contributed by atoms with Crippen LogP contribution >= 0.6 is 0 Å². The zero-order valence-corrected chi connectivity index (χ0v) is 21.0. The van der Waals surface area contributed by atoms with E-state index in [9.17, 15) is 9.50 Å². The van der Waals surface area contributed by atoms with Gasteiger partial charge in [0.15, 0.2) is 5.60 Å². The van der Waals surface area contributed by atoms with Crippen molar-refractivity contribution < 1.29 is 27.4 Å². The summed E-state index contributed by atoms with van der Waals surface area (Å²) >= 11 is 0. The average molecular weight is 522 g/mol. The molecule has 0 fully saturated rings. The molecule has 1 aliphatic heterocycles. The molecule has 2 heterocycles. The number of aliphatic hydroxyl groups is 1. The highest BCUT2D eigenvalue weighted by molar-refractivity contribution is 5.95. The van der Waals surface area contributed by atoms with Gasteiger partial charge in [-0.05, 0) is 64.3 Å². The molecule has 0 saturated heterocycles. The minimum atomic E-state index is -4.99. The average Bonchev–Trinajstić information content (AvgIpc) is 3.58. The number of benzene rings is 3. The number of hydrogen-bond acceptors (Lipinski definition) is 2. The van der Waals surface area contributed by atoms with E-state index < -0.39 is 35.3 Å². The van der Waals surface area contributed by atoms with Crippen molar-refractivity contribution in [1.82, 2.24) is 4.98 Å². The van der Waals surface area contributed by atoms with Gasteiger partial charge in [-0.2, -0.15) is 13.2 Å². The molecule has 7 heteroatoms. The molecule has 1 aromatic heterocycles. The quantitative estimate of drug-likeness (QED) is 0.267. The Morgan fingerprint density at radius 2 is 1.74 bits per heavy atom. The predicted octanol–water partition coefficient (Wildman–Crippen LogP) is 7.54. The van der Waals surface area contributed by atoms with E-state index in [1.807, 2.05) is 30.3 Å². The lowest BCUT2D eigenvalue weighted by atomic mass is 9.67. The second kappa shape index (κ2) is 8.46. The number of para-hydroxylation sites is 1. The molecule has 0 saturated carbocycles. The third kappa shape index (κ3) is 3.83. The second-order valence-electron chi connectivity index (χ2n) is 11.0. The number of nitrogens with one attached hydrogen (secondary N) is 1. The van der Waals surface area contributed by atoms with Crippen molar-refractivity contribution in [2.24, 2.45) is 0 Å². The maximum absolute atomic E-state index is 15.2. The Morgan fingerprint density at radius 3 is 2.50 bits per heavy atom. The maximum atomic E-state index is 15.2. The molecule has 0 amide bonds. The first-order valence-corrected chi connectivity index (χ1v) is 12.6. The van der Waals surface area contributed by atoms with E-state index in [-0.39, 0.29) is 0 Å². The van der Waals surface area contributed by atoms with Crippen LogP contribution in [0, 0.1) is 5.82 Å². The Hall–Kier alpha value is -3.58. The number of H-pyrrole nitrogens is 1. The lowest BCUT2D eigenvalue weighted by molar-refractivity contribution is -0.270. The van der Waals surface area contributed by atoms with Crippen molar-refractivity contribution in [3.05, 3.63) is 100 Å². The van der Waals surface area contributed by atoms with Gasteiger partial charge >= 0.3 is 6.18 Å². The number of fused-ring (bicyclic) bond motifs is 3. The van der Waals surface area contributed by atoms with Crippen LogP contribution in [0.4, 0.5) is 17.6 Å². The van der Waals surface area contributed by atoms with Crippen LogP contribution < -0.4 is 4.74 Å². The summed E-state index contributed by atoms with van der Waals surface area (Å²) < 4.78 is 65.7. The van der Waals surface area contributed by atoms with Gasteiger partial charge in [0.25, 0.3) is 0 Å². The van der Waals surface area contributed by atoms with Crippen molar-refractivity contribution in [2.45, 2.75) is 49.8 Å². The SMILES string of the molecule is CC(C)(CC(O)(C1C(c2cc3ccccc3[nH]2)=Cc2ccccc21)C(F)(F)F)c1cc(F)cc2c1OCC2. The topological polar surface area (TPSA) is 45.2 Å². The third-order valence-corrected chi connectivity index (χ3v) is 7.93. The molecule has 0 spiro atoms. The monoisotopic (exact) mass is 521 g/mol. The van der Waals surface area contributed by atoms with E-state index in [0.29, 0.717) is 52.3 Å². The van der Waals surface area contributed by atoms with Gasteiger partial charge in [-0.15, -0.1) is 0 Å². The van der Waals surface area contributed by atoms with E-state index in [1.54, 1.807) is 44.2 Å². The molecule has 2 N–H and O–H groups in total. The Labute approximate surface area is 217 Å². The highest BCUT2D eigenvalue weighted by atomic mass is 19.4. The maximum Gasteiger partial charge on any atom is 0.418 e. The van der Waals surface area contributed by atoms with Crippen LogP contribution in [0.5, 0.6) is 5.75 Å². The molecule has 3 aromatic carbocycles. The second-order valence-corrected chi connectivity index (χ2v) is 11.0. The van der Waals surface area contributed by atoms with Gasteiger partial charge in [0.1, 0.15) is 11.6 Å².